The summed E-state index contributed by atoms with van der Waals surface area (Å²) in [6, 6.07) is 7.09. The largest absolute Gasteiger partial charge is 0.391 e. The third-order valence-electron chi connectivity index (χ3n) is 4.56. The maximum atomic E-state index is 10.2. The average Bonchev–Trinajstić information content (AvgIpc) is 2.47. The number of benzene rings is 1. The lowest BCUT2D eigenvalue weighted by Gasteiger charge is -2.37. The molecule has 3 nitrogen and oxygen atoms in total. The van der Waals surface area contributed by atoms with Crippen LogP contribution in [0.2, 0.25) is 0 Å². The zero-order valence-electron chi connectivity index (χ0n) is 13.3. The fourth-order valence-electron chi connectivity index (χ4n) is 3.24. The summed E-state index contributed by atoms with van der Waals surface area (Å²) in [7, 11) is 2.09. The van der Waals surface area contributed by atoms with Crippen molar-refractivity contribution in [3.63, 3.8) is 0 Å². The van der Waals surface area contributed by atoms with E-state index in [4.69, 9.17) is 0 Å². The Morgan fingerprint density at radius 1 is 1.38 bits per heavy atom. The Labute approximate surface area is 136 Å². The average molecular weight is 355 g/mol. The fraction of sp³-hybridized carbons (Fsp3) is 0.647. The van der Waals surface area contributed by atoms with Crippen LogP contribution in [0.25, 0.3) is 0 Å². The molecule has 21 heavy (non-hydrogen) atoms. The number of nitrogens with one attached hydrogen (secondary N) is 1. The lowest BCUT2D eigenvalue weighted by Crippen LogP contribution is -2.43. The molecule has 1 aliphatic carbocycles. The lowest BCUT2D eigenvalue weighted by molar-refractivity contribution is 0.106. The first-order chi connectivity index (χ1) is 10.0. The van der Waals surface area contributed by atoms with Gasteiger partial charge in [0.1, 0.15) is 0 Å². The Morgan fingerprint density at radius 3 is 2.71 bits per heavy atom. The number of likely N-dealkylation sites (N-methyl/N-ethyl adjacent to an activating group) is 1. The summed E-state index contributed by atoms with van der Waals surface area (Å²) in [5, 5.41) is 13.7. The summed E-state index contributed by atoms with van der Waals surface area (Å²) < 4.78 is 1.13. The second-order valence-electron chi connectivity index (χ2n) is 6.02. The zero-order chi connectivity index (χ0) is 15.4. The van der Waals surface area contributed by atoms with E-state index in [2.05, 4.69) is 65.2 Å². The molecule has 1 saturated carbocycles. The summed E-state index contributed by atoms with van der Waals surface area (Å²) in [6.07, 6.45) is 4.15. The molecule has 3 atom stereocenters. The predicted octanol–water partition coefficient (Wildman–Crippen LogP) is 3.86. The van der Waals surface area contributed by atoms with Gasteiger partial charge in [0.05, 0.1) is 12.1 Å². The molecule has 1 aliphatic rings. The first-order valence-corrected chi connectivity index (χ1v) is 8.77. The molecule has 3 unspecified atom stereocenters. The van der Waals surface area contributed by atoms with Gasteiger partial charge in [0.25, 0.3) is 0 Å². The molecule has 0 aromatic heterocycles. The molecule has 0 heterocycles. The highest BCUT2D eigenvalue weighted by molar-refractivity contribution is 9.10. The Bertz CT molecular complexity index is 466. The molecule has 0 aliphatic heterocycles. The van der Waals surface area contributed by atoms with Gasteiger partial charge >= 0.3 is 0 Å². The van der Waals surface area contributed by atoms with Crippen LogP contribution in [-0.2, 0) is 0 Å². The van der Waals surface area contributed by atoms with Gasteiger partial charge in [0, 0.05) is 23.2 Å². The van der Waals surface area contributed by atoms with Crippen molar-refractivity contribution in [1.29, 1.82) is 0 Å². The zero-order valence-corrected chi connectivity index (χ0v) is 14.9. The van der Waals surface area contributed by atoms with Gasteiger partial charge in [-0.05, 0) is 44.0 Å². The van der Waals surface area contributed by atoms with Crippen LogP contribution in [0.5, 0.6) is 0 Å². The van der Waals surface area contributed by atoms with Crippen molar-refractivity contribution in [2.24, 2.45) is 0 Å². The minimum atomic E-state index is -0.206. The Morgan fingerprint density at radius 2 is 2.10 bits per heavy atom. The van der Waals surface area contributed by atoms with Crippen LogP contribution in [-0.4, -0.2) is 30.8 Å². The van der Waals surface area contributed by atoms with Gasteiger partial charge in [-0.1, -0.05) is 41.8 Å². The van der Waals surface area contributed by atoms with Gasteiger partial charge in [-0.2, -0.15) is 0 Å². The molecule has 2 rings (SSSR count). The van der Waals surface area contributed by atoms with Gasteiger partial charge in [-0.25, -0.2) is 0 Å². The van der Waals surface area contributed by atoms with E-state index in [0.29, 0.717) is 6.04 Å². The molecule has 0 saturated heterocycles. The molecule has 2 N–H and O–H groups in total. The third kappa shape index (κ3) is 3.99. The lowest BCUT2D eigenvalue weighted by atomic mass is 9.91. The van der Waals surface area contributed by atoms with Crippen molar-refractivity contribution < 1.29 is 5.11 Å². The molecule has 4 heteroatoms. The fourth-order valence-corrected chi connectivity index (χ4v) is 3.95. The number of rotatable bonds is 5. The minimum absolute atomic E-state index is 0.206. The molecule has 0 radical (unpaired) electrons. The second kappa shape index (κ2) is 7.61. The topological polar surface area (TPSA) is 35.5 Å². The number of aliphatic hydroxyl groups is 1. The van der Waals surface area contributed by atoms with Gasteiger partial charge in [-0.3, -0.25) is 0 Å². The van der Waals surface area contributed by atoms with Crippen LogP contribution in [0.3, 0.4) is 0 Å². The van der Waals surface area contributed by atoms with E-state index in [9.17, 15) is 5.11 Å². The maximum Gasteiger partial charge on any atom is 0.0743 e. The minimum Gasteiger partial charge on any atom is -0.391 e. The molecular weight excluding hydrogens is 328 g/mol. The van der Waals surface area contributed by atoms with E-state index < -0.39 is 0 Å². The summed E-state index contributed by atoms with van der Waals surface area (Å²) in [4.78, 5) is 2.23. The monoisotopic (exact) mass is 354 g/mol. The van der Waals surface area contributed by atoms with Crippen LogP contribution in [0, 0.1) is 0 Å². The smallest absolute Gasteiger partial charge is 0.0743 e. The third-order valence-corrected chi connectivity index (χ3v) is 5.25. The van der Waals surface area contributed by atoms with Crippen LogP contribution < -0.4 is 10.2 Å². The van der Waals surface area contributed by atoms with Crippen LogP contribution >= 0.6 is 15.9 Å². The predicted molar refractivity (Wildman–Crippen MR) is 92.9 cm³/mol. The number of aliphatic hydroxyl groups excluding tert-OH is 1. The van der Waals surface area contributed by atoms with E-state index in [1.165, 1.54) is 17.7 Å². The first kappa shape index (κ1) is 16.8. The van der Waals surface area contributed by atoms with Gasteiger partial charge in [0.15, 0.2) is 0 Å². The van der Waals surface area contributed by atoms with Crippen molar-refractivity contribution in [1.82, 2.24) is 5.32 Å². The number of hydrogen-bond donors (Lipinski definition) is 2. The van der Waals surface area contributed by atoms with Gasteiger partial charge in [-0.15, -0.1) is 0 Å². The number of halogens is 1. The summed E-state index contributed by atoms with van der Waals surface area (Å²) in [5.74, 6) is 0. The van der Waals surface area contributed by atoms with E-state index in [0.717, 1.165) is 30.3 Å². The molecule has 0 spiro atoms. The van der Waals surface area contributed by atoms with Gasteiger partial charge in [0.2, 0.25) is 0 Å². The van der Waals surface area contributed by atoms with E-state index in [-0.39, 0.29) is 12.1 Å². The van der Waals surface area contributed by atoms with E-state index >= 15 is 0 Å². The summed E-state index contributed by atoms with van der Waals surface area (Å²) in [6.45, 7) is 5.26. The highest BCUT2D eigenvalue weighted by atomic mass is 79.9. The van der Waals surface area contributed by atoms with Crippen molar-refractivity contribution in [3.8, 4) is 0 Å². The molecule has 118 valence electrons. The van der Waals surface area contributed by atoms with E-state index in [1.54, 1.807) is 0 Å². The molecule has 0 amide bonds. The SMILES string of the molecule is CCNC(C)c1ccc(N(C)C2CCCCC2O)cc1Br. The summed E-state index contributed by atoms with van der Waals surface area (Å²) in [5.41, 5.74) is 2.44. The van der Waals surface area contributed by atoms with Crippen molar-refractivity contribution >= 4 is 21.6 Å². The van der Waals surface area contributed by atoms with Crippen molar-refractivity contribution in [2.45, 2.75) is 57.7 Å². The van der Waals surface area contributed by atoms with Crippen molar-refractivity contribution in [2.75, 3.05) is 18.5 Å². The Balaban J connectivity index is 2.15. The highest BCUT2D eigenvalue weighted by Crippen LogP contribution is 2.31. The first-order valence-electron chi connectivity index (χ1n) is 7.98. The molecule has 0 bridgehead atoms. The second-order valence-corrected chi connectivity index (χ2v) is 6.87. The number of anilines is 1. The van der Waals surface area contributed by atoms with Gasteiger partial charge < -0.3 is 15.3 Å². The van der Waals surface area contributed by atoms with Crippen LogP contribution in [0.15, 0.2) is 22.7 Å². The quantitative estimate of drug-likeness (QED) is 0.842. The van der Waals surface area contributed by atoms with Crippen LogP contribution in [0.4, 0.5) is 5.69 Å². The molecule has 1 fully saturated rings. The maximum absolute atomic E-state index is 10.2. The number of hydrogen-bond acceptors (Lipinski definition) is 3. The highest BCUT2D eigenvalue weighted by Gasteiger charge is 2.27. The molecular formula is C17H27BrN2O. The Kier molecular flexibility index (Phi) is 6.08. The number of nitrogens with zero attached hydrogens (tertiary/aromatic N) is 1. The Hall–Kier alpha value is -0.580. The van der Waals surface area contributed by atoms with Crippen molar-refractivity contribution in [3.05, 3.63) is 28.2 Å². The van der Waals surface area contributed by atoms with Crippen LogP contribution in [0.1, 0.15) is 51.1 Å². The van der Waals surface area contributed by atoms with E-state index in [1.807, 2.05) is 0 Å². The summed E-state index contributed by atoms with van der Waals surface area (Å²) >= 11 is 3.70. The normalized spacial score (nSPS) is 23.9. The molecule has 1 aromatic carbocycles. The standard InChI is InChI=1S/C17H27BrN2O/c1-4-19-12(2)14-10-9-13(11-15(14)18)20(3)16-7-5-6-8-17(16)21/h9-12,16-17,19,21H,4-8H2,1-3H3. The molecule has 1 aromatic rings.